The Balaban J connectivity index is 1.82. The number of hydrogen-bond acceptors (Lipinski definition) is 6. The van der Waals surface area contributed by atoms with E-state index in [1.165, 1.54) is 17.3 Å². The number of hydrogen-bond donors (Lipinski definition) is 0. The van der Waals surface area contributed by atoms with Crippen molar-refractivity contribution in [3.05, 3.63) is 75.1 Å². The van der Waals surface area contributed by atoms with E-state index in [2.05, 4.69) is 36.1 Å². The minimum absolute atomic E-state index is 0.139. The minimum atomic E-state index is -0.139. The van der Waals surface area contributed by atoms with E-state index in [9.17, 15) is 4.79 Å². The second-order valence-electron chi connectivity index (χ2n) is 7.12. The highest BCUT2D eigenvalue weighted by Crippen LogP contribution is 2.26. The topological polar surface area (TPSA) is 73.8 Å². The molecule has 4 aromatic rings. The third kappa shape index (κ3) is 4.13. The van der Waals surface area contributed by atoms with Crippen LogP contribution in [0.1, 0.15) is 43.5 Å². The summed E-state index contributed by atoms with van der Waals surface area (Å²) in [7, 11) is 0. The van der Waals surface area contributed by atoms with Crippen molar-refractivity contribution in [1.82, 2.24) is 19.7 Å². The first-order valence-electron chi connectivity index (χ1n) is 9.71. The Bertz CT molecular complexity index is 1250. The van der Waals surface area contributed by atoms with E-state index < -0.39 is 0 Å². The zero-order chi connectivity index (χ0) is 21.3. The molecule has 0 saturated heterocycles. The van der Waals surface area contributed by atoms with Crippen molar-refractivity contribution in [2.24, 2.45) is 0 Å². The molecule has 1 atom stereocenters. The van der Waals surface area contributed by atoms with E-state index in [4.69, 9.17) is 21.1 Å². The highest BCUT2D eigenvalue weighted by Gasteiger charge is 2.15. The van der Waals surface area contributed by atoms with Gasteiger partial charge in [0.05, 0.1) is 22.3 Å². The third-order valence-corrected chi connectivity index (χ3v) is 6.20. The molecule has 0 aliphatic heterocycles. The molecule has 0 bridgehead atoms. The van der Waals surface area contributed by atoms with E-state index >= 15 is 0 Å². The van der Waals surface area contributed by atoms with Crippen molar-refractivity contribution in [2.45, 2.75) is 44.0 Å². The number of rotatable bonds is 6. The fourth-order valence-electron chi connectivity index (χ4n) is 3.18. The summed E-state index contributed by atoms with van der Waals surface area (Å²) in [6, 6.07) is 13.2. The van der Waals surface area contributed by atoms with Gasteiger partial charge in [-0.15, -0.1) is 0 Å². The van der Waals surface area contributed by atoms with E-state index in [1.54, 1.807) is 29.7 Å². The summed E-state index contributed by atoms with van der Waals surface area (Å²) in [4.78, 5) is 22.3. The number of fused-ring (bicyclic) bond motifs is 1. The van der Waals surface area contributed by atoms with Crippen molar-refractivity contribution in [1.29, 1.82) is 0 Å². The van der Waals surface area contributed by atoms with Crippen LogP contribution in [-0.2, 0) is 5.75 Å². The van der Waals surface area contributed by atoms with Crippen LogP contribution < -0.4 is 5.56 Å². The standard InChI is InChI=1S/C22H21ClN4O2S/c1-4-13(2)15-5-8-17(9-6-15)27-21(28)18-10-7-16(23)11-19(18)25-22(27)30-12-20-24-14(3)29-26-20/h5-11,13H,4,12H2,1-3H3/t13-/m1/s1. The van der Waals surface area contributed by atoms with E-state index in [1.807, 2.05) is 12.1 Å². The molecule has 0 fully saturated rings. The Kier molecular flexibility index (Phi) is 5.92. The van der Waals surface area contributed by atoms with Gasteiger partial charge in [-0.2, -0.15) is 4.98 Å². The molecule has 8 heteroatoms. The van der Waals surface area contributed by atoms with Crippen molar-refractivity contribution < 1.29 is 4.52 Å². The molecule has 0 aliphatic rings. The normalized spacial score (nSPS) is 12.4. The van der Waals surface area contributed by atoms with Crippen molar-refractivity contribution in [3.8, 4) is 5.69 Å². The fraction of sp³-hybridized carbons (Fsp3) is 0.273. The van der Waals surface area contributed by atoms with Gasteiger partial charge in [-0.3, -0.25) is 9.36 Å². The summed E-state index contributed by atoms with van der Waals surface area (Å²) in [5, 5.41) is 5.53. The smallest absolute Gasteiger partial charge is 0.266 e. The molecule has 4 rings (SSSR count). The molecule has 0 saturated carbocycles. The Morgan fingerprint density at radius 1 is 1.17 bits per heavy atom. The van der Waals surface area contributed by atoms with E-state index in [0.29, 0.717) is 44.5 Å². The predicted octanol–water partition coefficient (Wildman–Crippen LogP) is 5.54. The summed E-state index contributed by atoms with van der Waals surface area (Å²) >= 11 is 7.51. The lowest BCUT2D eigenvalue weighted by Gasteiger charge is -2.14. The zero-order valence-electron chi connectivity index (χ0n) is 16.9. The highest BCUT2D eigenvalue weighted by molar-refractivity contribution is 7.98. The average Bonchev–Trinajstić information content (AvgIpc) is 3.17. The third-order valence-electron chi connectivity index (χ3n) is 5.03. The number of aryl methyl sites for hydroxylation is 1. The molecule has 0 N–H and O–H groups in total. The lowest BCUT2D eigenvalue weighted by atomic mass is 9.98. The number of halogens is 1. The first-order chi connectivity index (χ1) is 14.5. The van der Waals surface area contributed by atoms with Gasteiger partial charge in [0.15, 0.2) is 11.0 Å². The molecule has 0 aliphatic carbocycles. The van der Waals surface area contributed by atoms with Crippen LogP contribution in [0.25, 0.3) is 16.6 Å². The van der Waals surface area contributed by atoms with Gasteiger partial charge >= 0.3 is 0 Å². The summed E-state index contributed by atoms with van der Waals surface area (Å²) in [5.41, 5.74) is 2.43. The molecule has 0 spiro atoms. The van der Waals surface area contributed by atoms with Gasteiger partial charge in [-0.05, 0) is 48.2 Å². The van der Waals surface area contributed by atoms with Crippen LogP contribution in [0.3, 0.4) is 0 Å². The molecule has 154 valence electrons. The van der Waals surface area contributed by atoms with Crippen LogP contribution >= 0.6 is 23.4 Å². The second kappa shape index (κ2) is 8.62. The molecule has 0 amide bonds. The number of benzene rings is 2. The SMILES string of the molecule is CC[C@@H](C)c1ccc(-n2c(SCc3noc(C)n3)nc3cc(Cl)ccc3c2=O)cc1. The van der Waals surface area contributed by atoms with Crippen LogP contribution in [-0.4, -0.2) is 19.7 Å². The Morgan fingerprint density at radius 3 is 2.60 bits per heavy atom. The van der Waals surface area contributed by atoms with Crippen molar-refractivity contribution >= 4 is 34.3 Å². The summed E-state index contributed by atoms with van der Waals surface area (Å²) < 4.78 is 6.68. The number of nitrogens with zero attached hydrogens (tertiary/aromatic N) is 4. The summed E-state index contributed by atoms with van der Waals surface area (Å²) in [6.07, 6.45) is 1.06. The molecule has 30 heavy (non-hydrogen) atoms. The second-order valence-corrected chi connectivity index (χ2v) is 8.49. The first kappa shape index (κ1) is 20.6. The molecule has 0 unspecified atom stereocenters. The molecule has 6 nitrogen and oxygen atoms in total. The maximum absolute atomic E-state index is 13.4. The largest absolute Gasteiger partial charge is 0.340 e. The van der Waals surface area contributed by atoms with E-state index in [0.717, 1.165) is 12.1 Å². The van der Waals surface area contributed by atoms with Crippen LogP contribution in [0.4, 0.5) is 0 Å². The lowest BCUT2D eigenvalue weighted by Crippen LogP contribution is -2.21. The molecule has 2 aromatic carbocycles. The predicted molar refractivity (Wildman–Crippen MR) is 120 cm³/mol. The van der Waals surface area contributed by atoms with Gasteiger partial charge in [-0.1, -0.05) is 54.5 Å². The molecule has 2 heterocycles. The number of thioether (sulfide) groups is 1. The van der Waals surface area contributed by atoms with Gasteiger partial charge in [0, 0.05) is 11.9 Å². The maximum Gasteiger partial charge on any atom is 0.266 e. The zero-order valence-corrected chi connectivity index (χ0v) is 18.5. The van der Waals surface area contributed by atoms with Crippen molar-refractivity contribution in [3.63, 3.8) is 0 Å². The van der Waals surface area contributed by atoms with Crippen LogP contribution in [0.5, 0.6) is 0 Å². The summed E-state index contributed by atoms with van der Waals surface area (Å²) in [5.74, 6) is 1.95. The Labute approximate surface area is 183 Å². The van der Waals surface area contributed by atoms with Gasteiger partial charge in [-0.25, -0.2) is 4.98 Å². The molecule has 0 radical (unpaired) electrons. The quantitative estimate of drug-likeness (QED) is 0.289. The van der Waals surface area contributed by atoms with Crippen LogP contribution in [0.15, 0.2) is 56.9 Å². The number of aromatic nitrogens is 4. The van der Waals surface area contributed by atoms with Crippen LogP contribution in [0, 0.1) is 6.92 Å². The monoisotopic (exact) mass is 440 g/mol. The lowest BCUT2D eigenvalue weighted by molar-refractivity contribution is 0.389. The Hall–Kier alpha value is -2.64. The van der Waals surface area contributed by atoms with E-state index in [-0.39, 0.29) is 5.56 Å². The molecule has 2 aromatic heterocycles. The van der Waals surface area contributed by atoms with Crippen molar-refractivity contribution in [2.75, 3.05) is 0 Å². The maximum atomic E-state index is 13.4. The molecular formula is C22H21ClN4O2S. The highest BCUT2D eigenvalue weighted by atomic mass is 35.5. The average molecular weight is 441 g/mol. The fourth-order valence-corrected chi connectivity index (χ4v) is 4.20. The Morgan fingerprint density at radius 2 is 1.93 bits per heavy atom. The van der Waals surface area contributed by atoms with Gasteiger partial charge in [0.1, 0.15) is 0 Å². The van der Waals surface area contributed by atoms with Gasteiger partial charge in [0.2, 0.25) is 5.89 Å². The van der Waals surface area contributed by atoms with Gasteiger partial charge in [0.25, 0.3) is 5.56 Å². The summed E-state index contributed by atoms with van der Waals surface area (Å²) in [6.45, 7) is 6.10. The first-order valence-corrected chi connectivity index (χ1v) is 11.1. The van der Waals surface area contributed by atoms with Gasteiger partial charge < -0.3 is 4.52 Å². The molecular weight excluding hydrogens is 420 g/mol. The minimum Gasteiger partial charge on any atom is -0.340 e. The van der Waals surface area contributed by atoms with Crippen LogP contribution in [0.2, 0.25) is 5.02 Å².